The van der Waals surface area contributed by atoms with Crippen molar-refractivity contribution in [2.75, 3.05) is 13.1 Å². The highest BCUT2D eigenvalue weighted by molar-refractivity contribution is 7.13. The topological polar surface area (TPSA) is 49.4 Å². The van der Waals surface area contributed by atoms with Crippen LogP contribution in [0.5, 0.6) is 0 Å². The Bertz CT molecular complexity index is 892. The average Bonchev–Trinajstić information content (AvgIpc) is 3.48. The molecule has 2 aromatic rings. The molecular formula is C26H34N2O2S. The van der Waals surface area contributed by atoms with E-state index in [9.17, 15) is 9.59 Å². The van der Waals surface area contributed by atoms with E-state index in [4.69, 9.17) is 0 Å². The molecule has 2 amide bonds. The van der Waals surface area contributed by atoms with E-state index in [1.165, 1.54) is 28.8 Å². The smallest absolute Gasteiger partial charge is 0.226 e. The molecule has 166 valence electrons. The highest BCUT2D eigenvalue weighted by Gasteiger charge is 2.43. The summed E-state index contributed by atoms with van der Waals surface area (Å²) in [5.74, 6) is 0.655. The lowest BCUT2D eigenvalue weighted by Gasteiger charge is -2.42. The first-order chi connectivity index (χ1) is 15.0. The Labute approximate surface area is 190 Å². The van der Waals surface area contributed by atoms with Crippen LogP contribution in [-0.4, -0.2) is 35.8 Å². The number of hydrogen-bond donors (Lipinski definition) is 1. The fourth-order valence-electron chi connectivity index (χ4n) is 5.20. The number of amides is 2. The minimum atomic E-state index is -0.468. The van der Waals surface area contributed by atoms with Crippen molar-refractivity contribution in [3.8, 4) is 10.4 Å². The zero-order chi connectivity index (χ0) is 21.8. The van der Waals surface area contributed by atoms with Crippen LogP contribution >= 0.6 is 11.3 Å². The van der Waals surface area contributed by atoms with E-state index in [-0.39, 0.29) is 17.9 Å². The molecule has 1 saturated heterocycles. The summed E-state index contributed by atoms with van der Waals surface area (Å²) in [6.07, 6.45) is 6.57. The van der Waals surface area contributed by atoms with Gasteiger partial charge >= 0.3 is 0 Å². The average molecular weight is 439 g/mol. The summed E-state index contributed by atoms with van der Waals surface area (Å²) in [5.41, 5.74) is 1.97. The maximum atomic E-state index is 13.5. The minimum Gasteiger partial charge on any atom is -0.353 e. The standard InChI is InChI=1S/C26H34N2O2S/c1-19(2)27-25(30)26(13-15-28(16-14-26)24(29)20-8-3-4-9-20)18-21-10-5-6-11-22(21)23-12-7-17-31-23/h5-7,10-12,17,19-20H,3-4,8-9,13-16,18H2,1-2H3,(H,27,30). The van der Waals surface area contributed by atoms with Gasteiger partial charge in [0.2, 0.25) is 11.8 Å². The predicted molar refractivity (Wildman–Crippen MR) is 127 cm³/mol. The van der Waals surface area contributed by atoms with E-state index < -0.39 is 5.41 Å². The molecule has 31 heavy (non-hydrogen) atoms. The molecule has 4 nitrogen and oxygen atoms in total. The van der Waals surface area contributed by atoms with Crippen molar-refractivity contribution in [2.24, 2.45) is 11.3 Å². The fraction of sp³-hybridized carbons (Fsp3) is 0.538. The van der Waals surface area contributed by atoms with E-state index in [2.05, 4.69) is 47.1 Å². The monoisotopic (exact) mass is 438 g/mol. The van der Waals surface area contributed by atoms with Crippen LogP contribution in [0.2, 0.25) is 0 Å². The van der Waals surface area contributed by atoms with Crippen molar-refractivity contribution >= 4 is 23.2 Å². The summed E-state index contributed by atoms with van der Waals surface area (Å²) in [6.45, 7) is 5.40. The molecule has 2 heterocycles. The van der Waals surface area contributed by atoms with Crippen molar-refractivity contribution < 1.29 is 9.59 Å². The van der Waals surface area contributed by atoms with E-state index in [0.29, 0.717) is 25.4 Å². The molecule has 1 aliphatic heterocycles. The lowest BCUT2D eigenvalue weighted by Crippen LogP contribution is -2.53. The number of piperidine rings is 1. The predicted octanol–water partition coefficient (Wildman–Crippen LogP) is 5.28. The minimum absolute atomic E-state index is 0.107. The molecule has 0 radical (unpaired) electrons. The number of carbonyl (C=O) groups is 2. The molecule has 2 aliphatic rings. The van der Waals surface area contributed by atoms with Gasteiger partial charge in [-0.1, -0.05) is 43.2 Å². The largest absolute Gasteiger partial charge is 0.353 e. The van der Waals surface area contributed by atoms with Crippen LogP contribution in [0.1, 0.15) is 57.9 Å². The Hall–Kier alpha value is -2.14. The molecule has 2 fully saturated rings. The Balaban J connectivity index is 1.56. The van der Waals surface area contributed by atoms with Gasteiger partial charge in [-0.05, 0) is 68.5 Å². The first-order valence-corrected chi connectivity index (χ1v) is 12.6. The van der Waals surface area contributed by atoms with Gasteiger partial charge in [-0.15, -0.1) is 11.3 Å². The summed E-state index contributed by atoms with van der Waals surface area (Å²) < 4.78 is 0. The summed E-state index contributed by atoms with van der Waals surface area (Å²) in [5, 5.41) is 5.28. The molecular weight excluding hydrogens is 404 g/mol. The number of benzene rings is 1. The van der Waals surface area contributed by atoms with E-state index in [1.54, 1.807) is 11.3 Å². The van der Waals surface area contributed by atoms with Crippen molar-refractivity contribution in [3.63, 3.8) is 0 Å². The van der Waals surface area contributed by atoms with Crippen LogP contribution in [0.25, 0.3) is 10.4 Å². The number of carbonyl (C=O) groups excluding carboxylic acids is 2. The highest BCUT2D eigenvalue weighted by atomic mass is 32.1. The van der Waals surface area contributed by atoms with Gasteiger partial charge in [-0.3, -0.25) is 9.59 Å². The molecule has 0 atom stereocenters. The molecule has 1 N–H and O–H groups in total. The molecule has 1 saturated carbocycles. The Kier molecular flexibility index (Phi) is 6.80. The Morgan fingerprint density at radius 3 is 2.45 bits per heavy atom. The van der Waals surface area contributed by atoms with E-state index in [1.807, 2.05) is 18.7 Å². The Morgan fingerprint density at radius 2 is 1.81 bits per heavy atom. The van der Waals surface area contributed by atoms with Crippen molar-refractivity contribution in [3.05, 3.63) is 47.3 Å². The van der Waals surface area contributed by atoms with Crippen molar-refractivity contribution in [1.82, 2.24) is 10.2 Å². The first kappa shape index (κ1) is 22.1. The lowest BCUT2D eigenvalue weighted by molar-refractivity contribution is -0.143. The third-order valence-electron chi connectivity index (χ3n) is 6.97. The number of rotatable bonds is 6. The maximum absolute atomic E-state index is 13.5. The fourth-order valence-corrected chi connectivity index (χ4v) is 5.98. The van der Waals surface area contributed by atoms with Gasteiger partial charge in [-0.25, -0.2) is 0 Å². The molecule has 1 aromatic carbocycles. The zero-order valence-electron chi connectivity index (χ0n) is 18.7. The number of nitrogens with one attached hydrogen (secondary N) is 1. The van der Waals surface area contributed by atoms with E-state index in [0.717, 1.165) is 25.7 Å². The summed E-state index contributed by atoms with van der Waals surface area (Å²) in [7, 11) is 0. The molecule has 0 spiro atoms. The van der Waals surface area contributed by atoms with Crippen LogP contribution in [0, 0.1) is 11.3 Å². The first-order valence-electron chi connectivity index (χ1n) is 11.7. The van der Waals surface area contributed by atoms with Gasteiger partial charge in [0.15, 0.2) is 0 Å². The number of nitrogens with zero attached hydrogens (tertiary/aromatic N) is 1. The third-order valence-corrected chi connectivity index (χ3v) is 7.87. The highest BCUT2D eigenvalue weighted by Crippen LogP contribution is 2.40. The van der Waals surface area contributed by atoms with Gasteiger partial charge in [-0.2, -0.15) is 0 Å². The van der Waals surface area contributed by atoms with Crippen LogP contribution in [0.15, 0.2) is 41.8 Å². The van der Waals surface area contributed by atoms with Crippen LogP contribution in [-0.2, 0) is 16.0 Å². The molecule has 1 aliphatic carbocycles. The molecule has 0 bridgehead atoms. The zero-order valence-corrected chi connectivity index (χ0v) is 19.5. The quantitative estimate of drug-likeness (QED) is 0.667. The van der Waals surface area contributed by atoms with Crippen LogP contribution in [0.3, 0.4) is 0 Å². The number of hydrogen-bond acceptors (Lipinski definition) is 3. The molecule has 1 aromatic heterocycles. The van der Waals surface area contributed by atoms with Gasteiger partial charge in [0.1, 0.15) is 0 Å². The maximum Gasteiger partial charge on any atom is 0.226 e. The van der Waals surface area contributed by atoms with E-state index >= 15 is 0 Å². The van der Waals surface area contributed by atoms with Gasteiger partial charge in [0, 0.05) is 29.9 Å². The Morgan fingerprint density at radius 1 is 1.10 bits per heavy atom. The van der Waals surface area contributed by atoms with Crippen LogP contribution < -0.4 is 5.32 Å². The van der Waals surface area contributed by atoms with Crippen molar-refractivity contribution in [1.29, 1.82) is 0 Å². The SMILES string of the molecule is CC(C)NC(=O)C1(Cc2ccccc2-c2cccs2)CCN(C(=O)C2CCCC2)CC1. The normalized spacial score (nSPS) is 19.0. The van der Waals surface area contributed by atoms with Gasteiger partial charge < -0.3 is 10.2 Å². The van der Waals surface area contributed by atoms with Crippen molar-refractivity contribution in [2.45, 2.75) is 64.8 Å². The number of likely N-dealkylation sites (tertiary alicyclic amines) is 1. The second-order valence-electron chi connectivity index (χ2n) is 9.53. The third kappa shape index (κ3) is 4.87. The lowest BCUT2D eigenvalue weighted by atomic mass is 9.72. The number of thiophene rings is 1. The second kappa shape index (κ2) is 9.56. The summed E-state index contributed by atoms with van der Waals surface area (Å²) in [4.78, 5) is 29.7. The molecule has 4 rings (SSSR count). The summed E-state index contributed by atoms with van der Waals surface area (Å²) in [6, 6.07) is 12.8. The van der Waals surface area contributed by atoms with Gasteiger partial charge in [0.05, 0.1) is 5.41 Å². The molecule has 0 unspecified atom stereocenters. The van der Waals surface area contributed by atoms with Gasteiger partial charge in [0.25, 0.3) is 0 Å². The molecule has 5 heteroatoms. The summed E-state index contributed by atoms with van der Waals surface area (Å²) >= 11 is 1.74. The second-order valence-corrected chi connectivity index (χ2v) is 10.5. The van der Waals surface area contributed by atoms with Crippen LogP contribution in [0.4, 0.5) is 0 Å².